The summed E-state index contributed by atoms with van der Waals surface area (Å²) in [7, 11) is 0. The fourth-order valence-corrected chi connectivity index (χ4v) is 2.27. The van der Waals surface area contributed by atoms with Gasteiger partial charge in [-0.25, -0.2) is 0 Å². The fourth-order valence-electron chi connectivity index (χ4n) is 2.27. The van der Waals surface area contributed by atoms with Crippen LogP contribution in [0.5, 0.6) is 0 Å². The molecule has 1 heterocycles. The van der Waals surface area contributed by atoms with Gasteiger partial charge in [-0.15, -0.1) is 0 Å². The summed E-state index contributed by atoms with van der Waals surface area (Å²) in [5.41, 5.74) is 1.24. The second-order valence-corrected chi connectivity index (χ2v) is 5.25. The molecule has 2 N–H and O–H groups in total. The first kappa shape index (κ1) is 14.6. The predicted octanol–water partition coefficient (Wildman–Crippen LogP) is 3.02. The number of carbonyl (C=O) groups excluding carboxylic acids is 1. The topological polar surface area (TPSA) is 62.5 Å². The first-order chi connectivity index (χ1) is 9.53. The average Bonchev–Trinajstić information content (AvgIpc) is 2.88. The maximum absolute atomic E-state index is 12.3. The van der Waals surface area contributed by atoms with E-state index in [4.69, 9.17) is 4.42 Å². The lowest BCUT2D eigenvalue weighted by Crippen LogP contribution is -2.50. The zero-order valence-electron chi connectivity index (χ0n) is 12.2. The largest absolute Gasteiger partial charge is 0.451 e. The summed E-state index contributed by atoms with van der Waals surface area (Å²) < 4.78 is 5.57. The van der Waals surface area contributed by atoms with Crippen LogP contribution in [0.15, 0.2) is 28.7 Å². The minimum atomic E-state index is -0.577. The van der Waals surface area contributed by atoms with Gasteiger partial charge < -0.3 is 14.8 Å². The van der Waals surface area contributed by atoms with Crippen LogP contribution in [0.4, 0.5) is 0 Å². The van der Waals surface area contributed by atoms with Crippen LogP contribution in [-0.2, 0) is 0 Å². The monoisotopic (exact) mass is 275 g/mol. The van der Waals surface area contributed by atoms with Gasteiger partial charge in [0.15, 0.2) is 5.76 Å². The van der Waals surface area contributed by atoms with E-state index < -0.39 is 5.54 Å². The molecule has 0 spiro atoms. The van der Waals surface area contributed by atoms with E-state index in [2.05, 4.69) is 5.32 Å². The molecule has 0 atom stereocenters. The smallest absolute Gasteiger partial charge is 0.287 e. The van der Waals surface area contributed by atoms with Gasteiger partial charge in [0.25, 0.3) is 5.91 Å². The zero-order valence-corrected chi connectivity index (χ0v) is 12.2. The van der Waals surface area contributed by atoms with Crippen molar-refractivity contribution in [2.75, 3.05) is 6.61 Å². The van der Waals surface area contributed by atoms with Gasteiger partial charge in [-0.1, -0.05) is 25.5 Å². The van der Waals surface area contributed by atoms with Crippen molar-refractivity contribution in [2.45, 2.75) is 39.2 Å². The molecular formula is C16H21NO3. The van der Waals surface area contributed by atoms with Gasteiger partial charge in [-0.3, -0.25) is 4.79 Å². The third-order valence-electron chi connectivity index (χ3n) is 3.93. The molecule has 0 unspecified atom stereocenters. The van der Waals surface area contributed by atoms with Crippen LogP contribution < -0.4 is 5.32 Å². The molecular weight excluding hydrogens is 254 g/mol. The van der Waals surface area contributed by atoms with Gasteiger partial charge in [0.05, 0.1) is 12.1 Å². The van der Waals surface area contributed by atoms with E-state index in [1.54, 1.807) is 6.07 Å². The van der Waals surface area contributed by atoms with Gasteiger partial charge in [-0.2, -0.15) is 0 Å². The summed E-state index contributed by atoms with van der Waals surface area (Å²) in [5.74, 6) is 0.00179. The molecule has 1 aromatic carbocycles. The second kappa shape index (κ2) is 5.67. The van der Waals surface area contributed by atoms with E-state index in [0.717, 1.165) is 10.9 Å². The van der Waals surface area contributed by atoms with Crippen molar-refractivity contribution in [3.63, 3.8) is 0 Å². The summed E-state index contributed by atoms with van der Waals surface area (Å²) in [5, 5.41) is 13.3. The van der Waals surface area contributed by atoms with Gasteiger partial charge in [0.2, 0.25) is 0 Å². The lowest BCUT2D eigenvalue weighted by Gasteiger charge is -2.30. The molecule has 1 aromatic heterocycles. The normalized spacial score (nSPS) is 11.8. The second-order valence-electron chi connectivity index (χ2n) is 5.25. The third kappa shape index (κ3) is 2.70. The van der Waals surface area contributed by atoms with Crippen molar-refractivity contribution < 1.29 is 14.3 Å². The Morgan fingerprint density at radius 3 is 2.60 bits per heavy atom. The van der Waals surface area contributed by atoms with Crippen molar-refractivity contribution in [1.29, 1.82) is 0 Å². The quantitative estimate of drug-likeness (QED) is 0.881. The minimum absolute atomic E-state index is 0.0783. The SMILES string of the molecule is CCC(CC)(CO)NC(=O)c1cc2cc(C)ccc2o1. The molecule has 0 fully saturated rings. The number of carbonyl (C=O) groups is 1. The Morgan fingerprint density at radius 2 is 2.00 bits per heavy atom. The molecule has 4 nitrogen and oxygen atoms in total. The summed E-state index contributed by atoms with van der Waals surface area (Å²) in [6.45, 7) is 5.81. The fraction of sp³-hybridized carbons (Fsp3) is 0.438. The molecule has 0 aliphatic carbocycles. The van der Waals surface area contributed by atoms with E-state index in [1.165, 1.54) is 0 Å². The summed E-state index contributed by atoms with van der Waals surface area (Å²) in [6.07, 6.45) is 1.34. The Balaban J connectivity index is 2.27. The maximum atomic E-state index is 12.3. The van der Waals surface area contributed by atoms with Crippen LogP contribution in [0.25, 0.3) is 11.0 Å². The number of fused-ring (bicyclic) bond motifs is 1. The molecule has 20 heavy (non-hydrogen) atoms. The van der Waals surface area contributed by atoms with Crippen LogP contribution in [0.1, 0.15) is 42.8 Å². The van der Waals surface area contributed by atoms with E-state index in [-0.39, 0.29) is 18.3 Å². The van der Waals surface area contributed by atoms with Gasteiger partial charge in [-0.05, 0) is 38.0 Å². The third-order valence-corrected chi connectivity index (χ3v) is 3.93. The van der Waals surface area contributed by atoms with Crippen molar-refractivity contribution in [3.8, 4) is 0 Å². The molecule has 0 radical (unpaired) electrons. The average molecular weight is 275 g/mol. The molecule has 2 rings (SSSR count). The number of aliphatic hydroxyl groups is 1. The molecule has 4 heteroatoms. The maximum Gasteiger partial charge on any atom is 0.287 e. The standard InChI is InChI=1S/C16H21NO3/c1-4-16(5-2,10-18)17-15(19)14-9-12-8-11(3)6-7-13(12)20-14/h6-9,18H,4-5,10H2,1-3H3,(H,17,19). The lowest BCUT2D eigenvalue weighted by atomic mass is 9.94. The molecule has 0 bridgehead atoms. The lowest BCUT2D eigenvalue weighted by molar-refractivity contribution is 0.0792. The van der Waals surface area contributed by atoms with E-state index >= 15 is 0 Å². The molecule has 1 amide bonds. The highest BCUT2D eigenvalue weighted by Crippen LogP contribution is 2.22. The van der Waals surface area contributed by atoms with Crippen molar-refractivity contribution in [3.05, 3.63) is 35.6 Å². The van der Waals surface area contributed by atoms with Crippen LogP contribution >= 0.6 is 0 Å². The number of hydrogen-bond donors (Lipinski definition) is 2. The Kier molecular flexibility index (Phi) is 4.14. The predicted molar refractivity (Wildman–Crippen MR) is 78.8 cm³/mol. The molecule has 108 valence electrons. The minimum Gasteiger partial charge on any atom is -0.451 e. The Hall–Kier alpha value is -1.81. The molecule has 0 aliphatic heterocycles. The Bertz CT molecular complexity index is 603. The number of benzene rings is 1. The van der Waals surface area contributed by atoms with Crippen molar-refractivity contribution >= 4 is 16.9 Å². The van der Waals surface area contributed by atoms with E-state index in [9.17, 15) is 9.90 Å². The van der Waals surface area contributed by atoms with Crippen molar-refractivity contribution in [2.24, 2.45) is 0 Å². The van der Waals surface area contributed by atoms with Crippen LogP contribution in [0.3, 0.4) is 0 Å². The number of rotatable bonds is 5. The number of hydrogen-bond acceptors (Lipinski definition) is 3. The molecule has 2 aromatic rings. The summed E-state index contributed by atoms with van der Waals surface area (Å²) in [4.78, 5) is 12.3. The number of aryl methyl sites for hydroxylation is 1. The van der Waals surface area contributed by atoms with Gasteiger partial charge >= 0.3 is 0 Å². The highest BCUT2D eigenvalue weighted by atomic mass is 16.3. The Morgan fingerprint density at radius 1 is 1.30 bits per heavy atom. The molecule has 0 aliphatic rings. The van der Waals surface area contributed by atoms with Crippen LogP contribution in [0, 0.1) is 6.92 Å². The number of nitrogens with one attached hydrogen (secondary N) is 1. The highest BCUT2D eigenvalue weighted by molar-refractivity contribution is 5.96. The number of furan rings is 1. The van der Waals surface area contributed by atoms with Crippen LogP contribution in [-0.4, -0.2) is 23.2 Å². The number of amides is 1. The number of aliphatic hydroxyl groups excluding tert-OH is 1. The summed E-state index contributed by atoms with van der Waals surface area (Å²) >= 11 is 0. The van der Waals surface area contributed by atoms with Gasteiger partial charge in [0, 0.05) is 5.39 Å². The van der Waals surface area contributed by atoms with E-state index in [0.29, 0.717) is 18.4 Å². The summed E-state index contributed by atoms with van der Waals surface area (Å²) in [6, 6.07) is 7.53. The highest BCUT2D eigenvalue weighted by Gasteiger charge is 2.28. The van der Waals surface area contributed by atoms with Crippen molar-refractivity contribution in [1.82, 2.24) is 5.32 Å². The van der Waals surface area contributed by atoms with Crippen LogP contribution in [0.2, 0.25) is 0 Å². The molecule has 0 saturated heterocycles. The zero-order chi connectivity index (χ0) is 14.8. The molecule has 0 saturated carbocycles. The van der Waals surface area contributed by atoms with E-state index in [1.807, 2.05) is 39.0 Å². The van der Waals surface area contributed by atoms with Gasteiger partial charge in [0.1, 0.15) is 5.58 Å². The Labute approximate surface area is 118 Å². The first-order valence-corrected chi connectivity index (χ1v) is 6.97. The first-order valence-electron chi connectivity index (χ1n) is 6.97.